The highest BCUT2D eigenvalue weighted by molar-refractivity contribution is 5.92. The Kier molecular flexibility index (Phi) is 7.76. The second-order valence-corrected chi connectivity index (χ2v) is 7.69. The monoisotopic (exact) mass is 510 g/mol. The molecule has 0 N–H and O–H groups in total. The van der Waals surface area contributed by atoms with Crippen LogP contribution in [0.2, 0.25) is 0 Å². The molecule has 3 aromatic carbocycles. The van der Waals surface area contributed by atoms with Gasteiger partial charge >= 0.3 is 24.3 Å². The number of benzene rings is 3. The minimum Gasteiger partial charge on any atom is -0.422 e. The van der Waals surface area contributed by atoms with Gasteiger partial charge in [-0.25, -0.2) is 9.59 Å². The lowest BCUT2D eigenvalue weighted by atomic mass is 10.0. The molecule has 0 spiro atoms. The highest BCUT2D eigenvalue weighted by atomic mass is 19.4. The van der Waals surface area contributed by atoms with Gasteiger partial charge in [-0.1, -0.05) is 38.1 Å². The van der Waals surface area contributed by atoms with E-state index in [2.05, 4.69) is 0 Å². The SMILES string of the molecule is CCc1ccc(C(=O)Oc2ccc(OC(=O)c3ccc(CC)cc3)c(C(F)(F)F)c2C(F)(F)F)cc1. The van der Waals surface area contributed by atoms with E-state index in [1.807, 2.05) is 13.8 Å². The molecule has 4 nitrogen and oxygen atoms in total. The van der Waals surface area contributed by atoms with Crippen LogP contribution >= 0.6 is 0 Å². The van der Waals surface area contributed by atoms with Crippen LogP contribution in [0, 0.1) is 0 Å². The third kappa shape index (κ3) is 6.05. The summed E-state index contributed by atoms with van der Waals surface area (Å²) >= 11 is 0. The van der Waals surface area contributed by atoms with Crippen molar-refractivity contribution in [2.75, 3.05) is 0 Å². The fourth-order valence-electron chi connectivity index (χ4n) is 3.37. The molecule has 0 amide bonds. The van der Waals surface area contributed by atoms with Crippen LogP contribution in [0.1, 0.15) is 56.8 Å². The van der Waals surface area contributed by atoms with Gasteiger partial charge < -0.3 is 9.47 Å². The lowest BCUT2D eigenvalue weighted by Crippen LogP contribution is -2.22. The number of aryl methyl sites for hydroxylation is 2. The van der Waals surface area contributed by atoms with E-state index in [0.29, 0.717) is 25.0 Å². The number of hydrogen-bond acceptors (Lipinski definition) is 4. The average molecular weight is 510 g/mol. The molecule has 0 unspecified atom stereocenters. The fourth-order valence-corrected chi connectivity index (χ4v) is 3.37. The molecule has 0 heterocycles. The summed E-state index contributed by atoms with van der Waals surface area (Å²) in [6, 6.07) is 12.3. The summed E-state index contributed by atoms with van der Waals surface area (Å²) in [4.78, 5) is 24.8. The van der Waals surface area contributed by atoms with Gasteiger partial charge in [0.2, 0.25) is 0 Å². The Hall–Kier alpha value is -3.82. The first kappa shape index (κ1) is 26.8. The van der Waals surface area contributed by atoms with Crippen LogP contribution in [0.5, 0.6) is 11.5 Å². The molecule has 0 saturated heterocycles. The van der Waals surface area contributed by atoms with Crippen LogP contribution in [0.15, 0.2) is 60.7 Å². The van der Waals surface area contributed by atoms with Crippen molar-refractivity contribution in [1.82, 2.24) is 0 Å². The standard InChI is InChI=1S/C26H20F6O4/c1-3-15-5-9-17(10-6-15)23(33)35-19-13-14-20(22(26(30,31)32)21(19)25(27,28)29)36-24(34)18-11-7-16(4-2)8-12-18/h5-14H,3-4H2,1-2H3. The quantitative estimate of drug-likeness (QED) is 0.199. The zero-order valence-corrected chi connectivity index (χ0v) is 19.1. The number of hydrogen-bond donors (Lipinski definition) is 0. The number of esters is 2. The van der Waals surface area contributed by atoms with Gasteiger partial charge in [-0.05, 0) is 60.4 Å². The van der Waals surface area contributed by atoms with Crippen LogP contribution in [0.3, 0.4) is 0 Å². The number of ether oxygens (including phenoxy) is 2. The second-order valence-electron chi connectivity index (χ2n) is 7.69. The van der Waals surface area contributed by atoms with Gasteiger partial charge in [0.25, 0.3) is 0 Å². The molecular weight excluding hydrogens is 490 g/mol. The van der Waals surface area contributed by atoms with Crippen molar-refractivity contribution < 1.29 is 45.4 Å². The van der Waals surface area contributed by atoms with Gasteiger partial charge in [0, 0.05) is 0 Å². The van der Waals surface area contributed by atoms with E-state index in [1.54, 1.807) is 0 Å². The molecule has 0 radical (unpaired) electrons. The summed E-state index contributed by atoms with van der Waals surface area (Å²) in [5.74, 6) is -5.30. The number of halogens is 6. The molecule has 0 aliphatic carbocycles. The molecule has 36 heavy (non-hydrogen) atoms. The van der Waals surface area contributed by atoms with E-state index in [-0.39, 0.29) is 11.1 Å². The maximum Gasteiger partial charge on any atom is 0.420 e. The van der Waals surface area contributed by atoms with E-state index in [0.717, 1.165) is 11.1 Å². The first-order valence-corrected chi connectivity index (χ1v) is 10.8. The van der Waals surface area contributed by atoms with Crippen molar-refractivity contribution in [2.24, 2.45) is 0 Å². The van der Waals surface area contributed by atoms with Crippen LogP contribution in [0.25, 0.3) is 0 Å². The summed E-state index contributed by atoms with van der Waals surface area (Å²) in [7, 11) is 0. The van der Waals surface area contributed by atoms with Gasteiger partial charge in [-0.3, -0.25) is 0 Å². The van der Waals surface area contributed by atoms with Gasteiger partial charge in [0.15, 0.2) is 0 Å². The van der Waals surface area contributed by atoms with Gasteiger partial charge in [0.05, 0.1) is 11.1 Å². The van der Waals surface area contributed by atoms with Crippen LogP contribution in [-0.4, -0.2) is 11.9 Å². The summed E-state index contributed by atoms with van der Waals surface area (Å²) < 4.78 is 92.8. The average Bonchev–Trinajstić information content (AvgIpc) is 2.83. The van der Waals surface area contributed by atoms with Crippen molar-refractivity contribution in [2.45, 2.75) is 39.0 Å². The van der Waals surface area contributed by atoms with Gasteiger partial charge in [-0.2, -0.15) is 26.3 Å². The van der Waals surface area contributed by atoms with E-state index >= 15 is 0 Å². The van der Waals surface area contributed by atoms with Crippen molar-refractivity contribution in [1.29, 1.82) is 0 Å². The van der Waals surface area contributed by atoms with Gasteiger partial charge in [0.1, 0.15) is 22.6 Å². The van der Waals surface area contributed by atoms with Crippen molar-refractivity contribution in [3.05, 3.63) is 94.0 Å². The first-order chi connectivity index (χ1) is 16.8. The lowest BCUT2D eigenvalue weighted by Gasteiger charge is -2.21. The summed E-state index contributed by atoms with van der Waals surface area (Å²) in [5.41, 5.74) is -3.20. The Morgan fingerprint density at radius 1 is 0.583 bits per heavy atom. The zero-order chi connectivity index (χ0) is 26.7. The molecule has 0 aliphatic rings. The van der Waals surface area contributed by atoms with E-state index in [9.17, 15) is 35.9 Å². The fraction of sp³-hybridized carbons (Fsp3) is 0.231. The summed E-state index contributed by atoms with van der Waals surface area (Å²) in [5, 5.41) is 0. The number of carbonyl (C=O) groups is 2. The largest absolute Gasteiger partial charge is 0.422 e. The first-order valence-electron chi connectivity index (χ1n) is 10.8. The number of alkyl halides is 6. The Labute approximate surface area is 202 Å². The normalized spacial score (nSPS) is 11.8. The van der Waals surface area contributed by atoms with Crippen molar-refractivity contribution in [3.63, 3.8) is 0 Å². The Morgan fingerprint density at radius 2 is 0.889 bits per heavy atom. The molecule has 190 valence electrons. The topological polar surface area (TPSA) is 52.6 Å². The Bertz CT molecular complexity index is 1150. The molecular formula is C26H20F6O4. The molecule has 0 bridgehead atoms. The molecule has 3 rings (SSSR count). The maximum absolute atomic E-state index is 13.9. The molecule has 0 aromatic heterocycles. The second kappa shape index (κ2) is 10.4. The molecule has 0 atom stereocenters. The molecule has 0 fully saturated rings. The molecule has 0 aliphatic heterocycles. The van der Waals surface area contributed by atoms with Crippen molar-refractivity contribution >= 4 is 11.9 Å². The zero-order valence-electron chi connectivity index (χ0n) is 19.1. The van der Waals surface area contributed by atoms with Crippen LogP contribution < -0.4 is 9.47 Å². The summed E-state index contributed by atoms with van der Waals surface area (Å²) in [6.07, 6.45) is -9.94. The highest BCUT2D eigenvalue weighted by Crippen LogP contribution is 2.49. The Morgan fingerprint density at radius 3 is 1.14 bits per heavy atom. The minimum atomic E-state index is -5.60. The van der Waals surface area contributed by atoms with Gasteiger partial charge in [-0.15, -0.1) is 0 Å². The highest BCUT2D eigenvalue weighted by Gasteiger charge is 2.49. The predicted octanol–water partition coefficient (Wildman–Crippen LogP) is 7.29. The maximum atomic E-state index is 13.9. The minimum absolute atomic E-state index is 0.153. The van der Waals surface area contributed by atoms with E-state index in [1.165, 1.54) is 48.5 Å². The predicted molar refractivity (Wildman–Crippen MR) is 118 cm³/mol. The number of carbonyl (C=O) groups excluding carboxylic acids is 2. The van der Waals surface area contributed by atoms with Crippen LogP contribution in [0.4, 0.5) is 26.3 Å². The molecule has 10 heteroatoms. The lowest BCUT2D eigenvalue weighted by molar-refractivity contribution is -0.163. The number of rotatable bonds is 6. The van der Waals surface area contributed by atoms with E-state index in [4.69, 9.17) is 9.47 Å². The smallest absolute Gasteiger partial charge is 0.420 e. The van der Waals surface area contributed by atoms with E-state index < -0.39 is 46.9 Å². The Balaban J connectivity index is 2.04. The third-order valence-corrected chi connectivity index (χ3v) is 5.30. The van der Waals surface area contributed by atoms with Crippen molar-refractivity contribution in [3.8, 4) is 11.5 Å². The van der Waals surface area contributed by atoms with Crippen LogP contribution in [-0.2, 0) is 25.2 Å². The summed E-state index contributed by atoms with van der Waals surface area (Å²) in [6.45, 7) is 3.69. The molecule has 0 saturated carbocycles. The third-order valence-electron chi connectivity index (χ3n) is 5.30. The molecule has 3 aromatic rings.